The second-order valence-corrected chi connectivity index (χ2v) is 20.1. The van der Waals surface area contributed by atoms with Gasteiger partial charge in [-0.1, -0.05) is 199 Å². The number of ether oxygens (including phenoxy) is 2. The van der Waals surface area contributed by atoms with Crippen molar-refractivity contribution in [1.82, 2.24) is 15.2 Å². The van der Waals surface area contributed by atoms with Crippen LogP contribution < -0.4 is 15.4 Å². The average Bonchev–Trinajstić information content (AvgIpc) is 3.93. The van der Waals surface area contributed by atoms with Crippen molar-refractivity contribution in [3.05, 3.63) is 268 Å². The van der Waals surface area contributed by atoms with Gasteiger partial charge in [0.2, 0.25) is 5.60 Å². The minimum absolute atomic E-state index is 0.0989. The molecule has 2 aliphatic rings. The van der Waals surface area contributed by atoms with Gasteiger partial charge in [-0.25, -0.2) is 9.78 Å². The molecule has 7 aromatic carbocycles. The van der Waals surface area contributed by atoms with Gasteiger partial charge in [0.05, 0.1) is 23.7 Å². The smallest absolute Gasteiger partial charge is 0.355 e. The number of anilines is 1. The Hall–Kier alpha value is -8.17. The van der Waals surface area contributed by atoms with Crippen LogP contribution in [0.3, 0.4) is 0 Å². The summed E-state index contributed by atoms with van der Waals surface area (Å²) >= 11 is 7.60. The molecule has 10 rings (SSSR count). The summed E-state index contributed by atoms with van der Waals surface area (Å²) in [4.78, 5) is 56.5. The number of halogens is 1. The van der Waals surface area contributed by atoms with Crippen molar-refractivity contribution in [2.75, 3.05) is 24.1 Å². The van der Waals surface area contributed by atoms with Gasteiger partial charge < -0.3 is 24.9 Å². The first-order chi connectivity index (χ1) is 36.2. The van der Waals surface area contributed by atoms with Crippen LogP contribution in [-0.2, 0) is 52.5 Å². The number of carbonyl (C=O) groups is 3. The van der Waals surface area contributed by atoms with E-state index in [4.69, 9.17) is 36.1 Å². The molecule has 8 aromatic rings. The van der Waals surface area contributed by atoms with Crippen LogP contribution in [-0.4, -0.2) is 67.7 Å². The lowest BCUT2D eigenvalue weighted by atomic mass is 9.77. The molecule has 0 bridgehead atoms. The maximum atomic E-state index is 15.2. The average molecular weight is 1040 g/mol. The second-order valence-electron chi connectivity index (χ2n) is 17.4. The molecule has 370 valence electrons. The summed E-state index contributed by atoms with van der Waals surface area (Å²) in [6, 6.07) is 64.5. The Morgan fingerprint density at radius 2 is 1.19 bits per heavy atom. The molecule has 2 N–H and O–H groups in total. The van der Waals surface area contributed by atoms with Crippen LogP contribution in [0.25, 0.3) is 0 Å². The molecule has 3 heterocycles. The first-order valence-electron chi connectivity index (χ1n) is 23.7. The molecule has 3 atom stereocenters. The number of benzene rings is 7. The molecule has 0 saturated carbocycles. The molecule has 0 spiro atoms. The monoisotopic (exact) mass is 1040 g/mol. The van der Waals surface area contributed by atoms with E-state index in [1.807, 2.05) is 146 Å². The van der Waals surface area contributed by atoms with Gasteiger partial charge in [0.25, 0.3) is 11.8 Å². The Labute approximate surface area is 439 Å². The highest BCUT2D eigenvalue weighted by atomic mass is 35.5. The Morgan fingerprint density at radius 3 is 1.65 bits per heavy atom. The van der Waals surface area contributed by atoms with Gasteiger partial charge in [-0.05, 0) is 40.0 Å². The molecule has 15 heteroatoms. The first kappa shape index (κ1) is 49.4. The first-order valence-corrected chi connectivity index (χ1v) is 26.5. The number of aromatic nitrogens is 1. The Kier molecular flexibility index (Phi) is 14.6. The van der Waals surface area contributed by atoms with E-state index in [0.29, 0.717) is 16.4 Å². The zero-order valence-electron chi connectivity index (χ0n) is 39.9. The van der Waals surface area contributed by atoms with Gasteiger partial charge in [0.1, 0.15) is 40.7 Å². The zero-order chi connectivity index (χ0) is 51.1. The molecule has 1 saturated heterocycles. The zero-order valence-corrected chi connectivity index (χ0v) is 42.3. The number of β-lactam (4-membered cyclic amide) rings is 1. The van der Waals surface area contributed by atoms with Crippen molar-refractivity contribution >= 4 is 62.4 Å². The summed E-state index contributed by atoms with van der Waals surface area (Å²) in [5, 5.41) is 12.4. The molecule has 0 radical (unpaired) electrons. The minimum Gasteiger partial charge on any atom is -0.497 e. The van der Waals surface area contributed by atoms with E-state index in [1.165, 1.54) is 11.3 Å². The van der Waals surface area contributed by atoms with E-state index >= 15 is 4.79 Å². The van der Waals surface area contributed by atoms with Gasteiger partial charge in [-0.3, -0.25) is 18.7 Å². The number of hydrogen-bond donors (Lipinski definition) is 2. The number of nitrogens with zero attached hydrogens (tertiary/aromatic N) is 3. The summed E-state index contributed by atoms with van der Waals surface area (Å²) in [5.41, 5.74) is 3.32. The summed E-state index contributed by atoms with van der Waals surface area (Å²) < 4.78 is 25.0. The van der Waals surface area contributed by atoms with Gasteiger partial charge in [0.15, 0.2) is 10.8 Å². The topological polar surface area (TPSA) is 149 Å². The number of hydrogen-bond acceptors (Lipinski definition) is 11. The van der Waals surface area contributed by atoms with Gasteiger partial charge in [0, 0.05) is 28.0 Å². The summed E-state index contributed by atoms with van der Waals surface area (Å²) in [5.74, 6) is -1.99. The fourth-order valence-corrected chi connectivity index (χ4v) is 12.2. The third kappa shape index (κ3) is 9.50. The highest BCUT2D eigenvalue weighted by Crippen LogP contribution is 2.43. The summed E-state index contributed by atoms with van der Waals surface area (Å²) in [6.07, 6.45) is 0. The van der Waals surface area contributed by atoms with E-state index in [-0.39, 0.29) is 40.9 Å². The molecule has 12 nitrogen and oxygen atoms in total. The SMILES string of the molecule is COc1ccc(COC(=O)C2=C(CCl)CS(=O)[C@H]3C(NC(=O)/C(=N\OC(c4ccccc4)(c4ccccc4)c4ccccc4)c4csc(NC(c5ccccc5)(c5ccccc5)c5ccccc5)n4)C(=O)N23)cc1. The van der Waals surface area contributed by atoms with Crippen LogP contribution in [0.2, 0.25) is 0 Å². The van der Waals surface area contributed by atoms with Gasteiger partial charge >= 0.3 is 5.97 Å². The molecule has 1 fully saturated rings. The number of rotatable bonds is 18. The largest absolute Gasteiger partial charge is 0.497 e. The Bertz CT molecular complexity index is 3160. The van der Waals surface area contributed by atoms with Crippen molar-refractivity contribution in [2.24, 2.45) is 5.16 Å². The number of esters is 1. The Morgan fingerprint density at radius 1 is 0.716 bits per heavy atom. The Balaban J connectivity index is 1.05. The van der Waals surface area contributed by atoms with Crippen LogP contribution >= 0.6 is 22.9 Å². The number of nitrogens with one attached hydrogen (secondary N) is 2. The highest BCUT2D eigenvalue weighted by Gasteiger charge is 2.57. The molecule has 1 aromatic heterocycles. The molecular weight excluding hydrogens is 990 g/mol. The third-order valence-electron chi connectivity index (χ3n) is 13.1. The molecule has 2 amide bonds. The van der Waals surface area contributed by atoms with Crippen molar-refractivity contribution in [1.29, 1.82) is 0 Å². The van der Waals surface area contributed by atoms with E-state index in [2.05, 4.69) is 47.0 Å². The number of amides is 2. The standard InChI is InChI=1S/C59H48ClN5O7S2/c1-70-48-34-32-40(33-35-48)37-71-56(68)52-41(36-60)39-74(69)55-51(54(67)65(52)55)62-53(66)50(64-72-59(45-26-14-5-15-27-45,46-28-16-6-17-29-46)47-30-18-7-19-31-47)49-38-73-57(61-49)63-58(42-20-8-2-9-21-42,43-22-10-3-11-23-43)44-24-12-4-13-25-44/h2-35,38,51,55H,36-37,39H2,1H3,(H,61,63)(H,62,66)/b64-50-/t51?,55-,74?/m0/s1. The summed E-state index contributed by atoms with van der Waals surface area (Å²) in [7, 11) is -0.235. The minimum atomic E-state index is -1.79. The van der Waals surface area contributed by atoms with Crippen molar-refractivity contribution in [3.8, 4) is 5.75 Å². The number of carbonyl (C=O) groups excluding carboxylic acids is 3. The van der Waals surface area contributed by atoms with E-state index in [1.54, 1.807) is 36.8 Å². The lowest BCUT2D eigenvalue weighted by molar-refractivity contribution is -0.153. The molecule has 0 aliphatic carbocycles. The van der Waals surface area contributed by atoms with Crippen LogP contribution in [0.1, 0.15) is 44.6 Å². The quantitative estimate of drug-likeness (QED) is 0.0214. The fourth-order valence-electron chi connectivity index (χ4n) is 9.47. The maximum Gasteiger partial charge on any atom is 0.355 e. The molecule has 74 heavy (non-hydrogen) atoms. The van der Waals surface area contributed by atoms with E-state index in [0.717, 1.165) is 38.3 Å². The number of methoxy groups -OCH3 is 1. The van der Waals surface area contributed by atoms with Gasteiger partial charge in [-0.2, -0.15) is 0 Å². The van der Waals surface area contributed by atoms with Crippen molar-refractivity contribution in [2.45, 2.75) is 29.2 Å². The predicted octanol–water partition coefficient (Wildman–Crippen LogP) is 9.92. The van der Waals surface area contributed by atoms with Crippen LogP contribution in [0.5, 0.6) is 5.75 Å². The number of thiazole rings is 1. The predicted molar refractivity (Wildman–Crippen MR) is 288 cm³/mol. The van der Waals surface area contributed by atoms with E-state index in [9.17, 15) is 13.8 Å². The van der Waals surface area contributed by atoms with Crippen LogP contribution in [0.15, 0.2) is 228 Å². The lowest BCUT2D eigenvalue weighted by Gasteiger charge is -2.49. The molecule has 2 aliphatic heterocycles. The van der Waals surface area contributed by atoms with E-state index < -0.39 is 51.1 Å². The highest BCUT2D eigenvalue weighted by molar-refractivity contribution is 7.86. The molecular formula is C59H48ClN5O7S2. The number of fused-ring (bicyclic) bond motifs is 1. The molecule has 2 unspecified atom stereocenters. The normalized spacial score (nSPS) is 16.6. The van der Waals surface area contributed by atoms with Crippen molar-refractivity contribution < 1.29 is 32.9 Å². The second kappa shape index (κ2) is 21.9. The lowest BCUT2D eigenvalue weighted by Crippen LogP contribution is -2.74. The van der Waals surface area contributed by atoms with Crippen LogP contribution in [0.4, 0.5) is 5.13 Å². The number of oxime groups is 1. The summed E-state index contributed by atoms with van der Waals surface area (Å²) in [6.45, 7) is -0.109. The maximum absolute atomic E-state index is 15.2. The van der Waals surface area contributed by atoms with Gasteiger partial charge in [-0.15, -0.1) is 22.9 Å². The third-order valence-corrected chi connectivity index (χ3v) is 15.8. The van der Waals surface area contributed by atoms with Crippen molar-refractivity contribution in [3.63, 3.8) is 0 Å². The van der Waals surface area contributed by atoms with Crippen LogP contribution in [0, 0.1) is 0 Å². The fraction of sp³-hybridized carbons (Fsp3) is 0.136. The number of alkyl halides is 1.